The van der Waals surface area contributed by atoms with Gasteiger partial charge in [-0.3, -0.25) is 9.36 Å². The number of nitrogens with zero attached hydrogens (tertiary/aromatic N) is 3. The molecule has 1 unspecified atom stereocenters. The van der Waals surface area contributed by atoms with Crippen LogP contribution in [0.2, 0.25) is 0 Å². The van der Waals surface area contributed by atoms with Crippen LogP contribution in [-0.2, 0) is 9.47 Å². The number of hydrogen-bond acceptors (Lipinski definition) is 6. The molecule has 0 spiro atoms. The third kappa shape index (κ3) is 3.99. The maximum absolute atomic E-state index is 13.2. The number of fused-ring (bicyclic) bond motifs is 1. The quantitative estimate of drug-likeness (QED) is 0.500. The van der Waals surface area contributed by atoms with Gasteiger partial charge in [0.1, 0.15) is 21.5 Å². The maximum Gasteiger partial charge on any atom is 0.268 e. The third-order valence-corrected chi connectivity index (χ3v) is 5.69. The minimum atomic E-state index is -0.0838. The van der Waals surface area contributed by atoms with E-state index in [1.807, 2.05) is 25.2 Å². The predicted octanol–water partition coefficient (Wildman–Crippen LogP) is 4.47. The average Bonchev–Trinajstić information content (AvgIpc) is 3.08. The lowest BCUT2D eigenvalue weighted by Crippen LogP contribution is -2.26. The molecule has 1 aliphatic heterocycles. The van der Waals surface area contributed by atoms with Gasteiger partial charge in [-0.1, -0.05) is 37.8 Å². The molecule has 1 atom stereocenters. The highest BCUT2D eigenvalue weighted by atomic mass is 32.2. The summed E-state index contributed by atoms with van der Waals surface area (Å²) >= 11 is 1.33. The first-order chi connectivity index (χ1) is 13.6. The molecule has 1 aliphatic carbocycles. The smallest absolute Gasteiger partial charge is 0.268 e. The number of ether oxygens (including phenoxy) is 2. The Labute approximate surface area is 169 Å². The van der Waals surface area contributed by atoms with Crippen molar-refractivity contribution in [3.8, 4) is 0 Å². The first-order valence-corrected chi connectivity index (χ1v) is 10.2. The van der Waals surface area contributed by atoms with Crippen molar-refractivity contribution >= 4 is 22.4 Å². The Kier molecular flexibility index (Phi) is 6.57. The Morgan fingerprint density at radius 2 is 2.36 bits per heavy atom. The molecule has 28 heavy (non-hydrogen) atoms. The number of unbranched alkanes of at least 4 members (excludes halogenated alkanes) is 1. The number of hydrogen-bond donors (Lipinski definition) is 0. The van der Waals surface area contributed by atoms with E-state index in [0.717, 1.165) is 29.9 Å². The first kappa shape index (κ1) is 20.2. The summed E-state index contributed by atoms with van der Waals surface area (Å²) in [7, 11) is 1.63. The van der Waals surface area contributed by atoms with Gasteiger partial charge in [0.05, 0.1) is 37.4 Å². The number of rotatable bonds is 7. The summed E-state index contributed by atoms with van der Waals surface area (Å²) < 4.78 is 12.8. The van der Waals surface area contributed by atoms with E-state index in [1.54, 1.807) is 18.0 Å². The van der Waals surface area contributed by atoms with Gasteiger partial charge in [0.2, 0.25) is 0 Å². The SMILES string of the molecule is C=CN=C1Sc2c(ncn(C3C=CC(OC)=CC3)c2=O)/C1=C(/C)OCCCC. The Bertz CT molecular complexity index is 941. The molecule has 0 bridgehead atoms. The summed E-state index contributed by atoms with van der Waals surface area (Å²) in [6.45, 7) is 8.33. The molecular weight excluding hydrogens is 374 g/mol. The summed E-state index contributed by atoms with van der Waals surface area (Å²) in [6.07, 6.45) is 11.6. The number of aliphatic imine (C=N–C) groups is 1. The Hall–Kier alpha value is -2.54. The Morgan fingerprint density at radius 3 is 3.00 bits per heavy atom. The molecule has 0 amide bonds. The van der Waals surface area contributed by atoms with Gasteiger partial charge in [0.15, 0.2) is 0 Å². The van der Waals surface area contributed by atoms with E-state index >= 15 is 0 Å². The lowest BCUT2D eigenvalue weighted by molar-refractivity contribution is 0.211. The highest BCUT2D eigenvalue weighted by Crippen LogP contribution is 2.40. The summed E-state index contributed by atoms with van der Waals surface area (Å²) in [5.41, 5.74) is 1.34. The molecule has 0 saturated carbocycles. The van der Waals surface area contributed by atoms with Crippen LogP contribution in [0.3, 0.4) is 0 Å². The summed E-state index contributed by atoms with van der Waals surface area (Å²) in [5.74, 6) is 1.54. The van der Waals surface area contributed by atoms with Crippen molar-refractivity contribution in [1.29, 1.82) is 0 Å². The molecule has 0 radical (unpaired) electrons. The fourth-order valence-corrected chi connectivity index (χ4v) is 4.19. The topological polar surface area (TPSA) is 65.7 Å². The second kappa shape index (κ2) is 9.10. The zero-order chi connectivity index (χ0) is 20.1. The van der Waals surface area contributed by atoms with Gasteiger partial charge in [0.25, 0.3) is 5.56 Å². The first-order valence-electron chi connectivity index (χ1n) is 9.35. The van der Waals surface area contributed by atoms with Crippen LogP contribution in [-0.4, -0.2) is 28.3 Å². The molecule has 2 aliphatic rings. The third-order valence-electron chi connectivity index (χ3n) is 4.62. The van der Waals surface area contributed by atoms with Gasteiger partial charge in [0, 0.05) is 6.20 Å². The van der Waals surface area contributed by atoms with Crippen molar-refractivity contribution in [1.82, 2.24) is 9.55 Å². The van der Waals surface area contributed by atoms with Gasteiger partial charge >= 0.3 is 0 Å². The Balaban J connectivity index is 1.98. The van der Waals surface area contributed by atoms with Crippen LogP contribution in [0, 0.1) is 0 Å². The Morgan fingerprint density at radius 1 is 1.54 bits per heavy atom. The van der Waals surface area contributed by atoms with Crippen LogP contribution in [0.4, 0.5) is 0 Å². The molecule has 0 saturated heterocycles. The van der Waals surface area contributed by atoms with Crippen LogP contribution >= 0.6 is 11.8 Å². The van der Waals surface area contributed by atoms with Crippen molar-refractivity contribution in [2.24, 2.45) is 4.99 Å². The van der Waals surface area contributed by atoms with E-state index < -0.39 is 0 Å². The number of allylic oxidation sites excluding steroid dienone is 4. The van der Waals surface area contributed by atoms with Gasteiger partial charge in [-0.25, -0.2) is 9.98 Å². The lowest BCUT2D eigenvalue weighted by atomic mass is 10.1. The summed E-state index contributed by atoms with van der Waals surface area (Å²) in [5, 5.41) is 0.696. The molecule has 0 fully saturated rings. The van der Waals surface area contributed by atoms with Crippen LogP contribution in [0.15, 0.2) is 63.5 Å². The van der Waals surface area contributed by atoms with E-state index in [4.69, 9.17) is 9.47 Å². The summed E-state index contributed by atoms with van der Waals surface area (Å²) in [4.78, 5) is 22.7. The molecule has 148 valence electrons. The number of aromatic nitrogens is 2. The second-order valence-electron chi connectivity index (χ2n) is 6.46. The largest absolute Gasteiger partial charge is 0.497 e. The minimum Gasteiger partial charge on any atom is -0.497 e. The molecule has 1 aromatic heterocycles. The highest BCUT2D eigenvalue weighted by Gasteiger charge is 2.32. The van der Waals surface area contributed by atoms with Crippen molar-refractivity contribution < 1.29 is 9.47 Å². The highest BCUT2D eigenvalue weighted by molar-refractivity contribution is 8.15. The normalized spacial score (nSPS) is 21.3. The van der Waals surface area contributed by atoms with Crippen molar-refractivity contribution in [2.45, 2.75) is 44.0 Å². The van der Waals surface area contributed by atoms with Crippen LogP contribution in [0.5, 0.6) is 0 Å². The molecule has 1 aromatic rings. The standard InChI is InChI=1S/C21H25N3O3S/c1-5-7-12-27-14(3)17-18-19(28-20(17)22-6-2)21(25)24(13-23-18)15-8-10-16(26-4)11-9-15/h6,8,10-11,13,15H,2,5,7,9,12H2,1,3-4H3/b17-14+,22-20?. The van der Waals surface area contributed by atoms with Crippen molar-refractivity contribution in [2.75, 3.05) is 13.7 Å². The van der Waals surface area contributed by atoms with Gasteiger partial charge in [-0.2, -0.15) is 0 Å². The van der Waals surface area contributed by atoms with E-state index in [2.05, 4.69) is 23.5 Å². The summed E-state index contributed by atoms with van der Waals surface area (Å²) in [6, 6.07) is -0.0838. The fraction of sp³-hybridized carbons (Fsp3) is 0.381. The zero-order valence-corrected chi connectivity index (χ0v) is 17.3. The minimum absolute atomic E-state index is 0.0768. The van der Waals surface area contributed by atoms with Crippen LogP contribution < -0.4 is 5.56 Å². The van der Waals surface area contributed by atoms with Crippen LogP contribution in [0.25, 0.3) is 5.57 Å². The zero-order valence-electron chi connectivity index (χ0n) is 16.5. The maximum atomic E-state index is 13.2. The van der Waals surface area contributed by atoms with E-state index in [-0.39, 0.29) is 11.6 Å². The molecule has 6 nitrogen and oxygen atoms in total. The number of thioether (sulfide) groups is 1. The predicted molar refractivity (Wildman–Crippen MR) is 113 cm³/mol. The van der Waals surface area contributed by atoms with Crippen LogP contribution in [0.1, 0.15) is 44.8 Å². The number of methoxy groups -OCH3 is 1. The average molecular weight is 400 g/mol. The van der Waals surface area contributed by atoms with Gasteiger partial charge < -0.3 is 9.47 Å². The second-order valence-corrected chi connectivity index (χ2v) is 7.46. The monoisotopic (exact) mass is 399 g/mol. The van der Waals surface area contributed by atoms with Crippen molar-refractivity contribution in [3.05, 3.63) is 64.9 Å². The van der Waals surface area contributed by atoms with E-state index in [1.165, 1.54) is 18.0 Å². The fourth-order valence-electron chi connectivity index (χ4n) is 3.08. The van der Waals surface area contributed by atoms with E-state index in [0.29, 0.717) is 28.7 Å². The molecule has 0 aromatic carbocycles. The van der Waals surface area contributed by atoms with Gasteiger partial charge in [-0.15, -0.1) is 0 Å². The molecule has 0 N–H and O–H groups in total. The van der Waals surface area contributed by atoms with Crippen molar-refractivity contribution in [3.63, 3.8) is 0 Å². The molecular formula is C21H25N3O3S. The molecule has 3 rings (SSSR count). The van der Waals surface area contributed by atoms with Gasteiger partial charge in [-0.05, 0) is 31.9 Å². The van der Waals surface area contributed by atoms with E-state index in [9.17, 15) is 4.79 Å². The molecule has 2 heterocycles. The lowest BCUT2D eigenvalue weighted by Gasteiger charge is -2.18. The molecule has 7 heteroatoms.